The summed E-state index contributed by atoms with van der Waals surface area (Å²) in [6, 6.07) is 13.8. The van der Waals surface area contributed by atoms with Crippen molar-refractivity contribution in [1.82, 2.24) is 15.1 Å². The molecule has 2 atom stereocenters. The summed E-state index contributed by atoms with van der Waals surface area (Å²) in [5.41, 5.74) is 0.713. The van der Waals surface area contributed by atoms with Crippen LogP contribution in [-0.2, 0) is 9.53 Å². The molecule has 2 aromatic rings. The van der Waals surface area contributed by atoms with E-state index in [9.17, 15) is 9.59 Å². The van der Waals surface area contributed by atoms with Gasteiger partial charge in [-0.3, -0.25) is 14.5 Å². The maximum atomic E-state index is 13.3. The topological polar surface area (TPSA) is 61.9 Å². The smallest absolute Gasteiger partial charge is 0.254 e. The first-order chi connectivity index (χ1) is 15.5. The number of nitrogens with zero attached hydrogens (tertiary/aromatic N) is 2. The summed E-state index contributed by atoms with van der Waals surface area (Å²) in [5, 5.41) is 5.12. The number of hydrogen-bond donors (Lipinski definition) is 1. The first kappa shape index (κ1) is 22.7. The van der Waals surface area contributed by atoms with Crippen molar-refractivity contribution in [1.29, 1.82) is 0 Å². The summed E-state index contributed by atoms with van der Waals surface area (Å²) in [6.45, 7) is 9.72. The lowest BCUT2D eigenvalue weighted by Crippen LogP contribution is -2.50. The molecule has 0 aromatic heterocycles. The standard InChI is InChI=1S/C26H35N3O3/c1-19(2)16-28-13-14-32-22(18-28)15-27-25(30)21-9-6-12-29(17-21)26(31)24-11-5-8-20-7-3-4-10-23(20)24/h3-5,7-8,10-11,19,21-22H,6,9,12-18H2,1-2H3,(H,27,30)/t21-,22-/m1/s1. The monoisotopic (exact) mass is 437 g/mol. The van der Waals surface area contributed by atoms with Crippen molar-refractivity contribution in [3.8, 4) is 0 Å². The van der Waals surface area contributed by atoms with E-state index >= 15 is 0 Å². The second-order valence-electron chi connectivity index (χ2n) is 9.51. The Labute approximate surface area is 190 Å². The van der Waals surface area contributed by atoms with Gasteiger partial charge in [-0.2, -0.15) is 0 Å². The van der Waals surface area contributed by atoms with Gasteiger partial charge in [-0.05, 0) is 35.6 Å². The van der Waals surface area contributed by atoms with Crippen molar-refractivity contribution in [2.45, 2.75) is 32.8 Å². The van der Waals surface area contributed by atoms with Gasteiger partial charge in [-0.1, -0.05) is 50.2 Å². The Hall–Kier alpha value is -2.44. The van der Waals surface area contributed by atoms with Crippen LogP contribution < -0.4 is 5.32 Å². The van der Waals surface area contributed by atoms with Crippen LogP contribution in [-0.4, -0.2) is 73.6 Å². The molecule has 2 aliphatic rings. The van der Waals surface area contributed by atoms with Crippen LogP contribution in [0.5, 0.6) is 0 Å². The summed E-state index contributed by atoms with van der Waals surface area (Å²) in [5.74, 6) is 0.498. The van der Waals surface area contributed by atoms with E-state index in [1.54, 1.807) is 0 Å². The number of carbonyl (C=O) groups is 2. The lowest BCUT2D eigenvalue weighted by atomic mass is 9.95. The number of hydrogen-bond acceptors (Lipinski definition) is 4. The molecule has 0 unspecified atom stereocenters. The van der Waals surface area contributed by atoms with Crippen LogP contribution in [0.4, 0.5) is 0 Å². The minimum atomic E-state index is -0.168. The van der Waals surface area contributed by atoms with E-state index in [4.69, 9.17) is 4.74 Å². The molecule has 6 nitrogen and oxygen atoms in total. The summed E-state index contributed by atoms with van der Waals surface area (Å²) < 4.78 is 5.86. The van der Waals surface area contributed by atoms with Crippen molar-refractivity contribution in [3.05, 3.63) is 48.0 Å². The predicted molar refractivity (Wildman–Crippen MR) is 127 cm³/mol. The minimum absolute atomic E-state index is 0.0132. The summed E-state index contributed by atoms with van der Waals surface area (Å²) in [4.78, 5) is 30.4. The molecule has 6 heteroatoms. The molecule has 0 bridgehead atoms. The molecule has 2 amide bonds. The van der Waals surface area contributed by atoms with Gasteiger partial charge < -0.3 is 15.0 Å². The number of rotatable bonds is 6. The Balaban J connectivity index is 1.33. The quantitative estimate of drug-likeness (QED) is 0.754. The zero-order valence-corrected chi connectivity index (χ0v) is 19.3. The molecular weight excluding hydrogens is 402 g/mol. The minimum Gasteiger partial charge on any atom is -0.374 e. The van der Waals surface area contributed by atoms with Crippen molar-refractivity contribution in [3.63, 3.8) is 0 Å². The van der Waals surface area contributed by atoms with Gasteiger partial charge in [-0.15, -0.1) is 0 Å². The molecule has 172 valence electrons. The highest BCUT2D eigenvalue weighted by atomic mass is 16.5. The van der Waals surface area contributed by atoms with Gasteiger partial charge in [-0.25, -0.2) is 0 Å². The number of piperidine rings is 1. The van der Waals surface area contributed by atoms with E-state index in [1.807, 2.05) is 47.4 Å². The van der Waals surface area contributed by atoms with Crippen molar-refractivity contribution in [2.75, 3.05) is 45.9 Å². The molecule has 0 aliphatic carbocycles. The van der Waals surface area contributed by atoms with E-state index in [0.717, 1.165) is 43.2 Å². The third kappa shape index (κ3) is 5.48. The number of morpholine rings is 1. The highest BCUT2D eigenvalue weighted by Gasteiger charge is 2.30. The largest absolute Gasteiger partial charge is 0.374 e. The molecule has 0 saturated carbocycles. The molecule has 2 heterocycles. The molecule has 1 N–H and O–H groups in total. The van der Waals surface area contributed by atoms with Gasteiger partial charge >= 0.3 is 0 Å². The number of carbonyl (C=O) groups excluding carboxylic acids is 2. The van der Waals surface area contributed by atoms with Gasteiger partial charge in [0.05, 0.1) is 18.6 Å². The number of likely N-dealkylation sites (tertiary alicyclic amines) is 1. The first-order valence-corrected chi connectivity index (χ1v) is 11.9. The molecule has 2 aromatic carbocycles. The Morgan fingerprint density at radius 3 is 2.75 bits per heavy atom. The van der Waals surface area contributed by atoms with Gasteiger partial charge in [0.1, 0.15) is 0 Å². The van der Waals surface area contributed by atoms with Crippen LogP contribution in [0, 0.1) is 11.8 Å². The fourth-order valence-corrected chi connectivity index (χ4v) is 4.90. The molecule has 4 rings (SSSR count). The van der Waals surface area contributed by atoms with E-state index in [2.05, 4.69) is 24.1 Å². The number of amides is 2. The summed E-state index contributed by atoms with van der Waals surface area (Å²) in [7, 11) is 0. The third-order valence-electron chi connectivity index (χ3n) is 6.45. The average Bonchev–Trinajstić information content (AvgIpc) is 2.81. The Morgan fingerprint density at radius 2 is 1.91 bits per heavy atom. The Kier molecular flexibility index (Phi) is 7.43. The third-order valence-corrected chi connectivity index (χ3v) is 6.45. The van der Waals surface area contributed by atoms with Gasteiger partial charge in [0.2, 0.25) is 5.91 Å². The van der Waals surface area contributed by atoms with E-state index in [-0.39, 0.29) is 23.8 Å². The van der Waals surface area contributed by atoms with Crippen LogP contribution >= 0.6 is 0 Å². The SMILES string of the molecule is CC(C)CN1CCO[C@H](CNC(=O)[C@@H]2CCCN(C(=O)c3cccc4ccccc34)C2)C1. The molecule has 2 fully saturated rings. The van der Waals surface area contributed by atoms with E-state index in [0.29, 0.717) is 37.7 Å². The van der Waals surface area contributed by atoms with Crippen molar-refractivity contribution in [2.24, 2.45) is 11.8 Å². The summed E-state index contributed by atoms with van der Waals surface area (Å²) in [6.07, 6.45) is 1.69. The fourth-order valence-electron chi connectivity index (χ4n) is 4.90. The highest BCUT2D eigenvalue weighted by Crippen LogP contribution is 2.23. The van der Waals surface area contributed by atoms with Crippen molar-refractivity contribution < 1.29 is 14.3 Å². The number of nitrogens with one attached hydrogen (secondary N) is 1. The highest BCUT2D eigenvalue weighted by molar-refractivity contribution is 6.07. The molecule has 2 saturated heterocycles. The van der Waals surface area contributed by atoms with Crippen LogP contribution in [0.1, 0.15) is 37.0 Å². The normalized spacial score (nSPS) is 22.3. The summed E-state index contributed by atoms with van der Waals surface area (Å²) >= 11 is 0. The second-order valence-corrected chi connectivity index (χ2v) is 9.51. The molecule has 2 aliphatic heterocycles. The van der Waals surface area contributed by atoms with Crippen LogP contribution in [0.25, 0.3) is 10.8 Å². The Bertz CT molecular complexity index is 940. The lowest BCUT2D eigenvalue weighted by Gasteiger charge is -2.35. The molecule has 0 spiro atoms. The maximum Gasteiger partial charge on any atom is 0.254 e. The zero-order chi connectivity index (χ0) is 22.5. The maximum absolute atomic E-state index is 13.3. The lowest BCUT2D eigenvalue weighted by molar-refractivity contribution is -0.127. The van der Waals surface area contributed by atoms with Crippen LogP contribution in [0.3, 0.4) is 0 Å². The predicted octanol–water partition coefficient (Wildman–Crippen LogP) is 3.17. The van der Waals surface area contributed by atoms with Gasteiger partial charge in [0.25, 0.3) is 5.91 Å². The number of benzene rings is 2. The van der Waals surface area contributed by atoms with Crippen LogP contribution in [0.15, 0.2) is 42.5 Å². The molecule has 0 radical (unpaired) electrons. The van der Waals surface area contributed by atoms with E-state index < -0.39 is 0 Å². The average molecular weight is 438 g/mol. The number of fused-ring (bicyclic) bond motifs is 1. The fraction of sp³-hybridized carbons (Fsp3) is 0.538. The van der Waals surface area contributed by atoms with Gasteiger partial charge in [0.15, 0.2) is 0 Å². The zero-order valence-electron chi connectivity index (χ0n) is 19.3. The molecular formula is C26H35N3O3. The van der Waals surface area contributed by atoms with Crippen LogP contribution in [0.2, 0.25) is 0 Å². The second kappa shape index (κ2) is 10.5. The Morgan fingerprint density at radius 1 is 1.09 bits per heavy atom. The first-order valence-electron chi connectivity index (χ1n) is 11.9. The van der Waals surface area contributed by atoms with E-state index in [1.165, 1.54) is 0 Å². The van der Waals surface area contributed by atoms with Gasteiger partial charge in [0, 0.05) is 44.8 Å². The molecule has 32 heavy (non-hydrogen) atoms. The van der Waals surface area contributed by atoms with Crippen molar-refractivity contribution >= 4 is 22.6 Å². The number of ether oxygens (including phenoxy) is 1.